The first-order valence-corrected chi connectivity index (χ1v) is 10.5. The van der Waals surface area contributed by atoms with Crippen LogP contribution in [-0.2, 0) is 6.54 Å². The quantitative estimate of drug-likeness (QED) is 0.334. The second kappa shape index (κ2) is 10.3. The summed E-state index contributed by atoms with van der Waals surface area (Å²) in [7, 11) is 0. The van der Waals surface area contributed by atoms with Gasteiger partial charge in [0.25, 0.3) is 0 Å². The van der Waals surface area contributed by atoms with Gasteiger partial charge < -0.3 is 14.8 Å². The van der Waals surface area contributed by atoms with Crippen LogP contribution in [0, 0.1) is 5.92 Å². The SMILES string of the molecule is CCNC(=NCCCn1ccnc1)N1CCC(CSc2ccccc2)C1. The number of thioether (sulfide) groups is 1. The van der Waals surface area contributed by atoms with Crippen LogP contribution in [0.1, 0.15) is 19.8 Å². The summed E-state index contributed by atoms with van der Waals surface area (Å²) in [4.78, 5) is 12.7. The fraction of sp³-hybridized carbons (Fsp3) is 0.500. The van der Waals surface area contributed by atoms with Crippen LogP contribution in [0.3, 0.4) is 0 Å². The molecule has 2 aromatic rings. The highest BCUT2D eigenvalue weighted by Crippen LogP contribution is 2.25. The molecule has 6 heteroatoms. The summed E-state index contributed by atoms with van der Waals surface area (Å²) < 4.78 is 2.11. The van der Waals surface area contributed by atoms with Gasteiger partial charge in [-0.25, -0.2) is 4.98 Å². The molecule has 0 aliphatic carbocycles. The Hall–Kier alpha value is -1.95. The number of nitrogens with zero attached hydrogens (tertiary/aromatic N) is 4. The Kier molecular flexibility index (Phi) is 7.43. The Labute approximate surface area is 160 Å². The van der Waals surface area contributed by atoms with Gasteiger partial charge in [-0.2, -0.15) is 0 Å². The zero-order valence-electron chi connectivity index (χ0n) is 15.6. The van der Waals surface area contributed by atoms with Gasteiger partial charge >= 0.3 is 0 Å². The molecule has 0 spiro atoms. The van der Waals surface area contributed by atoms with Crippen LogP contribution in [-0.4, -0.2) is 52.3 Å². The van der Waals surface area contributed by atoms with E-state index in [1.807, 2.05) is 30.5 Å². The first-order chi connectivity index (χ1) is 12.8. The number of hydrogen-bond acceptors (Lipinski definition) is 3. The van der Waals surface area contributed by atoms with Crippen molar-refractivity contribution in [3.63, 3.8) is 0 Å². The van der Waals surface area contributed by atoms with Crippen molar-refractivity contribution < 1.29 is 0 Å². The maximum atomic E-state index is 4.84. The standard InChI is InChI=1S/C20H29N5S/c1-2-22-20(23-10-6-12-24-14-11-21-17-24)25-13-9-18(15-25)16-26-19-7-4-3-5-8-19/h3-5,7-8,11,14,17-18H,2,6,9-10,12-13,15-16H2,1H3,(H,22,23). The molecule has 5 nitrogen and oxygen atoms in total. The molecule has 1 N–H and O–H groups in total. The summed E-state index contributed by atoms with van der Waals surface area (Å²) in [6, 6.07) is 10.7. The van der Waals surface area contributed by atoms with E-state index in [9.17, 15) is 0 Å². The van der Waals surface area contributed by atoms with Crippen molar-refractivity contribution in [1.82, 2.24) is 19.8 Å². The Morgan fingerprint density at radius 1 is 1.35 bits per heavy atom. The highest BCUT2D eigenvalue weighted by atomic mass is 32.2. The predicted molar refractivity (Wildman–Crippen MR) is 110 cm³/mol. The van der Waals surface area contributed by atoms with E-state index in [2.05, 4.69) is 57.0 Å². The third kappa shape index (κ3) is 5.80. The Bertz CT molecular complexity index is 656. The molecule has 1 aromatic carbocycles. The first kappa shape index (κ1) is 18.8. The molecule has 140 valence electrons. The molecule has 2 heterocycles. The molecule has 0 bridgehead atoms. The molecule has 1 atom stereocenters. The monoisotopic (exact) mass is 371 g/mol. The number of guanidine groups is 1. The highest BCUT2D eigenvalue weighted by Gasteiger charge is 2.24. The van der Waals surface area contributed by atoms with Gasteiger partial charge in [0, 0.05) is 55.8 Å². The molecule has 1 saturated heterocycles. The third-order valence-corrected chi connectivity index (χ3v) is 5.79. The average Bonchev–Trinajstić information content (AvgIpc) is 3.35. The van der Waals surface area contributed by atoms with Crippen molar-refractivity contribution >= 4 is 17.7 Å². The molecule has 1 aromatic heterocycles. The third-order valence-electron chi connectivity index (χ3n) is 4.54. The van der Waals surface area contributed by atoms with E-state index < -0.39 is 0 Å². The molecular weight excluding hydrogens is 342 g/mol. The van der Waals surface area contributed by atoms with Gasteiger partial charge in [0.1, 0.15) is 0 Å². The van der Waals surface area contributed by atoms with Gasteiger partial charge in [-0.15, -0.1) is 11.8 Å². The number of aryl methyl sites for hydroxylation is 1. The Balaban J connectivity index is 1.44. The minimum atomic E-state index is 0.731. The lowest BCUT2D eigenvalue weighted by Crippen LogP contribution is -2.40. The topological polar surface area (TPSA) is 45.5 Å². The second-order valence-electron chi connectivity index (χ2n) is 6.61. The van der Waals surface area contributed by atoms with Crippen molar-refractivity contribution in [3.05, 3.63) is 49.1 Å². The molecule has 3 rings (SSSR count). The summed E-state index contributed by atoms with van der Waals surface area (Å²) in [6.07, 6.45) is 7.98. The number of benzene rings is 1. The second-order valence-corrected chi connectivity index (χ2v) is 7.71. The number of aliphatic imine (C=N–C) groups is 1. The minimum Gasteiger partial charge on any atom is -0.357 e. The average molecular weight is 372 g/mol. The molecule has 26 heavy (non-hydrogen) atoms. The number of likely N-dealkylation sites (tertiary alicyclic amines) is 1. The minimum absolute atomic E-state index is 0.731. The van der Waals surface area contributed by atoms with Crippen LogP contribution in [0.15, 0.2) is 58.9 Å². The lowest BCUT2D eigenvalue weighted by Gasteiger charge is -2.21. The summed E-state index contributed by atoms with van der Waals surface area (Å²) in [6.45, 7) is 7.08. The molecule has 0 amide bonds. The molecular formula is C20H29N5S. The largest absolute Gasteiger partial charge is 0.357 e. The van der Waals surface area contributed by atoms with Crippen molar-refractivity contribution in [2.75, 3.05) is 31.9 Å². The van der Waals surface area contributed by atoms with E-state index >= 15 is 0 Å². The van der Waals surface area contributed by atoms with Crippen LogP contribution in [0.4, 0.5) is 0 Å². The fourth-order valence-electron chi connectivity index (χ4n) is 3.17. The molecule has 1 aliphatic heterocycles. The maximum Gasteiger partial charge on any atom is 0.193 e. The van der Waals surface area contributed by atoms with Gasteiger partial charge in [0.05, 0.1) is 6.33 Å². The normalized spacial score (nSPS) is 17.7. The summed E-state index contributed by atoms with van der Waals surface area (Å²) in [5.74, 6) is 2.99. The van der Waals surface area contributed by atoms with Crippen molar-refractivity contribution in [2.24, 2.45) is 10.9 Å². The molecule has 1 unspecified atom stereocenters. The zero-order valence-corrected chi connectivity index (χ0v) is 16.4. The molecule has 0 radical (unpaired) electrons. The maximum absolute atomic E-state index is 4.84. The number of hydrogen-bond donors (Lipinski definition) is 1. The smallest absolute Gasteiger partial charge is 0.193 e. The zero-order chi connectivity index (χ0) is 18.0. The summed E-state index contributed by atoms with van der Waals surface area (Å²) in [5, 5.41) is 3.46. The molecule has 1 fully saturated rings. The fourth-order valence-corrected chi connectivity index (χ4v) is 4.22. The van der Waals surface area contributed by atoms with Crippen molar-refractivity contribution in [1.29, 1.82) is 0 Å². The molecule has 0 saturated carbocycles. The lowest BCUT2D eigenvalue weighted by molar-refractivity contribution is 0.473. The van der Waals surface area contributed by atoms with E-state index in [1.54, 1.807) is 0 Å². The van der Waals surface area contributed by atoms with Gasteiger partial charge in [0.15, 0.2) is 5.96 Å². The van der Waals surface area contributed by atoms with Gasteiger partial charge in [0.2, 0.25) is 0 Å². The van der Waals surface area contributed by atoms with E-state index in [0.29, 0.717) is 0 Å². The number of rotatable bonds is 8. The van der Waals surface area contributed by atoms with Crippen LogP contribution in [0.25, 0.3) is 0 Å². The van der Waals surface area contributed by atoms with Gasteiger partial charge in [-0.3, -0.25) is 4.99 Å². The van der Waals surface area contributed by atoms with Crippen molar-refractivity contribution in [2.45, 2.75) is 31.2 Å². The van der Waals surface area contributed by atoms with E-state index in [4.69, 9.17) is 4.99 Å². The van der Waals surface area contributed by atoms with Crippen molar-refractivity contribution in [3.8, 4) is 0 Å². The van der Waals surface area contributed by atoms with Gasteiger partial charge in [-0.05, 0) is 37.8 Å². The lowest BCUT2D eigenvalue weighted by atomic mass is 10.2. The summed E-state index contributed by atoms with van der Waals surface area (Å²) >= 11 is 1.97. The number of nitrogens with one attached hydrogen (secondary N) is 1. The summed E-state index contributed by atoms with van der Waals surface area (Å²) in [5.41, 5.74) is 0. The van der Waals surface area contributed by atoms with Crippen LogP contribution in [0.5, 0.6) is 0 Å². The molecule has 1 aliphatic rings. The Morgan fingerprint density at radius 2 is 2.23 bits per heavy atom. The number of imidazole rings is 1. The highest BCUT2D eigenvalue weighted by molar-refractivity contribution is 7.99. The Morgan fingerprint density at radius 3 is 3.00 bits per heavy atom. The van der Waals surface area contributed by atoms with Crippen LogP contribution in [0.2, 0.25) is 0 Å². The predicted octanol–water partition coefficient (Wildman–Crippen LogP) is 3.35. The van der Waals surface area contributed by atoms with E-state index in [-0.39, 0.29) is 0 Å². The van der Waals surface area contributed by atoms with Gasteiger partial charge in [-0.1, -0.05) is 18.2 Å². The van der Waals surface area contributed by atoms with Crippen LogP contribution < -0.4 is 5.32 Å². The van der Waals surface area contributed by atoms with Crippen LogP contribution >= 0.6 is 11.8 Å². The van der Waals surface area contributed by atoms with E-state index in [1.165, 1.54) is 17.1 Å². The first-order valence-electron chi connectivity index (χ1n) is 9.52. The van der Waals surface area contributed by atoms with E-state index in [0.717, 1.165) is 51.0 Å². The number of aromatic nitrogens is 2.